The lowest BCUT2D eigenvalue weighted by atomic mass is 10.1. The first-order valence-corrected chi connectivity index (χ1v) is 12.9. The molecule has 0 saturated heterocycles. The van der Waals surface area contributed by atoms with Crippen LogP contribution in [0.4, 0.5) is 11.4 Å². The van der Waals surface area contributed by atoms with E-state index >= 15 is 0 Å². The van der Waals surface area contributed by atoms with Gasteiger partial charge < -0.3 is 15.0 Å². The standard InChI is InChI=1S/C24H35N3O4S/c1-6-23(27(32(5,29)30)21-14-16-22(17-15-21)31-9-4)24(28)25-18-19-10-12-20(13-11-19)26(7-2)8-3/h10-17,23H,6-9,18H2,1-5H3,(H,25,28). The third-order valence-electron chi connectivity index (χ3n) is 5.26. The van der Waals surface area contributed by atoms with Crippen molar-refractivity contribution in [2.24, 2.45) is 0 Å². The maximum Gasteiger partial charge on any atom is 0.244 e. The molecule has 0 saturated carbocycles. The number of amides is 1. The van der Waals surface area contributed by atoms with Gasteiger partial charge in [0.05, 0.1) is 18.6 Å². The molecule has 2 aromatic carbocycles. The molecule has 0 aliphatic carbocycles. The van der Waals surface area contributed by atoms with Gasteiger partial charge in [-0.3, -0.25) is 9.10 Å². The van der Waals surface area contributed by atoms with Gasteiger partial charge in [-0.2, -0.15) is 0 Å². The van der Waals surface area contributed by atoms with Crippen LogP contribution in [0.3, 0.4) is 0 Å². The van der Waals surface area contributed by atoms with Gasteiger partial charge in [0, 0.05) is 25.3 Å². The molecule has 1 atom stereocenters. The Morgan fingerprint density at radius 3 is 1.97 bits per heavy atom. The SMILES string of the molecule is CCOc1ccc(N(C(CC)C(=O)NCc2ccc(N(CC)CC)cc2)S(C)(=O)=O)cc1. The Morgan fingerprint density at radius 2 is 1.50 bits per heavy atom. The van der Waals surface area contributed by atoms with E-state index in [-0.39, 0.29) is 5.91 Å². The monoisotopic (exact) mass is 461 g/mol. The van der Waals surface area contributed by atoms with Crippen LogP contribution < -0.4 is 19.3 Å². The second-order valence-corrected chi connectivity index (χ2v) is 9.33. The van der Waals surface area contributed by atoms with Gasteiger partial charge in [0.25, 0.3) is 0 Å². The smallest absolute Gasteiger partial charge is 0.244 e. The zero-order chi connectivity index (χ0) is 23.7. The predicted molar refractivity (Wildman–Crippen MR) is 131 cm³/mol. The molecule has 0 aliphatic heterocycles. The Labute approximate surface area is 192 Å². The second-order valence-electron chi connectivity index (χ2n) is 7.47. The Morgan fingerprint density at radius 1 is 0.938 bits per heavy atom. The van der Waals surface area contributed by atoms with E-state index in [1.165, 1.54) is 4.31 Å². The number of hydrogen-bond acceptors (Lipinski definition) is 5. The van der Waals surface area contributed by atoms with Gasteiger partial charge in [-0.1, -0.05) is 19.1 Å². The molecule has 1 unspecified atom stereocenters. The normalized spacial score (nSPS) is 12.2. The first-order chi connectivity index (χ1) is 15.2. The highest BCUT2D eigenvalue weighted by Gasteiger charge is 2.31. The van der Waals surface area contributed by atoms with Gasteiger partial charge in [-0.05, 0) is 69.2 Å². The molecule has 0 radical (unpaired) electrons. The number of carbonyl (C=O) groups is 1. The molecule has 0 spiro atoms. The molecule has 1 N–H and O–H groups in total. The number of hydrogen-bond donors (Lipinski definition) is 1. The summed E-state index contributed by atoms with van der Waals surface area (Å²) in [6.45, 7) is 10.6. The second kappa shape index (κ2) is 11.8. The van der Waals surface area contributed by atoms with Gasteiger partial charge in [0.15, 0.2) is 0 Å². The van der Waals surface area contributed by atoms with E-state index in [1.807, 2.05) is 31.2 Å². The Balaban J connectivity index is 2.16. The van der Waals surface area contributed by atoms with Crippen molar-refractivity contribution in [1.82, 2.24) is 5.32 Å². The Kier molecular flexibility index (Phi) is 9.38. The van der Waals surface area contributed by atoms with E-state index in [2.05, 4.69) is 24.1 Å². The van der Waals surface area contributed by atoms with Crippen molar-refractivity contribution in [2.75, 3.05) is 35.2 Å². The van der Waals surface area contributed by atoms with Crippen LogP contribution in [0.25, 0.3) is 0 Å². The fourth-order valence-electron chi connectivity index (χ4n) is 3.64. The Bertz CT molecular complexity index is 956. The van der Waals surface area contributed by atoms with Gasteiger partial charge >= 0.3 is 0 Å². The molecule has 0 fully saturated rings. The number of carbonyl (C=O) groups excluding carboxylic acids is 1. The number of nitrogens with zero attached hydrogens (tertiary/aromatic N) is 2. The van der Waals surface area contributed by atoms with E-state index in [9.17, 15) is 13.2 Å². The minimum absolute atomic E-state index is 0.328. The minimum Gasteiger partial charge on any atom is -0.494 e. The summed E-state index contributed by atoms with van der Waals surface area (Å²) in [7, 11) is -3.68. The van der Waals surface area contributed by atoms with Gasteiger partial charge in [0.1, 0.15) is 11.8 Å². The van der Waals surface area contributed by atoms with Crippen LogP contribution in [0.2, 0.25) is 0 Å². The average molecular weight is 462 g/mol. The van der Waals surface area contributed by atoms with E-state index in [0.29, 0.717) is 31.0 Å². The molecule has 8 heteroatoms. The third kappa shape index (κ3) is 6.63. The fourth-order valence-corrected chi connectivity index (χ4v) is 4.85. The lowest BCUT2D eigenvalue weighted by molar-refractivity contribution is -0.122. The topological polar surface area (TPSA) is 79.0 Å². The fraction of sp³-hybridized carbons (Fsp3) is 0.458. The minimum atomic E-state index is -3.68. The van der Waals surface area contributed by atoms with Crippen molar-refractivity contribution in [3.05, 3.63) is 54.1 Å². The molecule has 7 nitrogen and oxygen atoms in total. The predicted octanol–water partition coefficient (Wildman–Crippen LogP) is 3.79. The number of nitrogens with one attached hydrogen (secondary N) is 1. The summed E-state index contributed by atoms with van der Waals surface area (Å²) in [5.74, 6) is 0.315. The Hall–Kier alpha value is -2.74. The maximum atomic E-state index is 13.0. The largest absolute Gasteiger partial charge is 0.494 e. The highest BCUT2D eigenvalue weighted by molar-refractivity contribution is 7.92. The molecule has 2 rings (SSSR count). The maximum absolute atomic E-state index is 13.0. The van der Waals surface area contributed by atoms with E-state index in [4.69, 9.17) is 4.74 Å². The zero-order valence-corrected chi connectivity index (χ0v) is 20.5. The summed E-state index contributed by atoms with van der Waals surface area (Å²) < 4.78 is 31.8. The summed E-state index contributed by atoms with van der Waals surface area (Å²) in [6.07, 6.45) is 1.46. The number of sulfonamides is 1. The van der Waals surface area contributed by atoms with Crippen LogP contribution in [0, 0.1) is 0 Å². The summed E-state index contributed by atoms with van der Waals surface area (Å²) >= 11 is 0. The zero-order valence-electron chi connectivity index (χ0n) is 19.7. The van der Waals surface area contributed by atoms with Crippen LogP contribution in [0.5, 0.6) is 5.75 Å². The highest BCUT2D eigenvalue weighted by Crippen LogP contribution is 2.25. The number of benzene rings is 2. The molecule has 0 heterocycles. The average Bonchev–Trinajstić information content (AvgIpc) is 2.77. The summed E-state index contributed by atoms with van der Waals surface area (Å²) in [4.78, 5) is 15.2. The van der Waals surface area contributed by atoms with Crippen LogP contribution >= 0.6 is 0 Å². The molecule has 1 amide bonds. The molecular formula is C24H35N3O4S. The van der Waals surface area contributed by atoms with Crippen molar-refractivity contribution >= 4 is 27.3 Å². The lowest BCUT2D eigenvalue weighted by Gasteiger charge is -2.30. The van der Waals surface area contributed by atoms with Crippen molar-refractivity contribution < 1.29 is 17.9 Å². The highest BCUT2D eigenvalue weighted by atomic mass is 32.2. The van der Waals surface area contributed by atoms with Gasteiger partial charge in [-0.25, -0.2) is 8.42 Å². The first-order valence-electron chi connectivity index (χ1n) is 11.1. The van der Waals surface area contributed by atoms with Crippen LogP contribution in [0.1, 0.15) is 39.7 Å². The molecule has 176 valence electrons. The van der Waals surface area contributed by atoms with Crippen LogP contribution in [0.15, 0.2) is 48.5 Å². The van der Waals surface area contributed by atoms with Gasteiger partial charge in [0.2, 0.25) is 15.9 Å². The first kappa shape index (κ1) is 25.5. The molecule has 32 heavy (non-hydrogen) atoms. The van der Waals surface area contributed by atoms with Crippen molar-refractivity contribution in [1.29, 1.82) is 0 Å². The van der Waals surface area contributed by atoms with Crippen molar-refractivity contribution in [2.45, 2.75) is 46.7 Å². The van der Waals surface area contributed by atoms with Crippen LogP contribution in [-0.2, 0) is 21.4 Å². The number of ether oxygens (including phenoxy) is 1. The number of anilines is 2. The summed E-state index contributed by atoms with van der Waals surface area (Å²) in [6, 6.07) is 13.9. The summed E-state index contributed by atoms with van der Waals surface area (Å²) in [5.41, 5.74) is 2.52. The third-order valence-corrected chi connectivity index (χ3v) is 6.44. The van der Waals surface area contributed by atoms with Crippen molar-refractivity contribution in [3.63, 3.8) is 0 Å². The lowest BCUT2D eigenvalue weighted by Crippen LogP contribution is -2.49. The van der Waals surface area contributed by atoms with E-state index in [0.717, 1.165) is 30.6 Å². The molecular weight excluding hydrogens is 426 g/mol. The molecule has 0 aliphatic rings. The molecule has 0 bridgehead atoms. The van der Waals surface area contributed by atoms with E-state index in [1.54, 1.807) is 31.2 Å². The molecule has 0 aromatic heterocycles. The van der Waals surface area contributed by atoms with E-state index < -0.39 is 16.1 Å². The van der Waals surface area contributed by atoms with Crippen molar-refractivity contribution in [3.8, 4) is 5.75 Å². The quantitative estimate of drug-likeness (QED) is 0.520. The van der Waals surface area contributed by atoms with Gasteiger partial charge in [-0.15, -0.1) is 0 Å². The van der Waals surface area contributed by atoms with Crippen LogP contribution in [-0.4, -0.2) is 46.3 Å². The molecule has 2 aromatic rings. The summed E-state index contributed by atoms with van der Waals surface area (Å²) in [5, 5.41) is 2.90. The number of rotatable bonds is 12.